The number of nitrogen functional groups attached to an aromatic ring is 1. The molecule has 3 aromatic heterocycles. The minimum atomic E-state index is 0.0324. The highest BCUT2D eigenvalue weighted by molar-refractivity contribution is 6.34. The van der Waals surface area contributed by atoms with Gasteiger partial charge in [0, 0.05) is 0 Å². The summed E-state index contributed by atoms with van der Waals surface area (Å²) in [6.07, 6.45) is 1.53. The molecule has 0 saturated heterocycles. The first-order valence-corrected chi connectivity index (χ1v) is 7.74. The van der Waals surface area contributed by atoms with Gasteiger partial charge >= 0.3 is 5.88 Å². The standard InChI is InChI=1S/C15H17ClN6O3/c1-7-10(22(23)14(25-4)8(2)11(7)24-3)6-21-13-9(5-18-21)12(16)19-15(17)20-13/h5H,6H2,1-4H3,(H2,17,19,20). The first-order chi connectivity index (χ1) is 11.9. The molecule has 0 atom stereocenters. The molecule has 0 aliphatic heterocycles. The van der Waals surface area contributed by atoms with Gasteiger partial charge in [-0.25, -0.2) is 9.67 Å². The molecule has 0 spiro atoms. The Morgan fingerprint density at radius 3 is 2.60 bits per heavy atom. The van der Waals surface area contributed by atoms with E-state index in [1.165, 1.54) is 18.0 Å². The largest absolute Gasteiger partial charge is 0.616 e. The summed E-state index contributed by atoms with van der Waals surface area (Å²) in [6, 6.07) is 0. The molecule has 2 N–H and O–H groups in total. The quantitative estimate of drug-likeness (QED) is 0.422. The minimum absolute atomic E-state index is 0.0324. The fourth-order valence-corrected chi connectivity index (χ4v) is 3.08. The molecule has 0 amide bonds. The van der Waals surface area contributed by atoms with Crippen molar-refractivity contribution in [1.29, 1.82) is 0 Å². The number of methoxy groups -OCH3 is 2. The van der Waals surface area contributed by atoms with Crippen molar-refractivity contribution in [2.45, 2.75) is 20.4 Å². The number of hydrogen-bond acceptors (Lipinski definition) is 7. The van der Waals surface area contributed by atoms with E-state index >= 15 is 0 Å². The van der Waals surface area contributed by atoms with Crippen molar-refractivity contribution in [2.24, 2.45) is 0 Å². The number of pyridine rings is 1. The van der Waals surface area contributed by atoms with E-state index in [0.717, 1.165) is 4.73 Å². The number of nitrogens with two attached hydrogens (primary N) is 1. The molecule has 3 aromatic rings. The Kier molecular flexibility index (Phi) is 4.25. The Hall–Kier alpha value is -2.81. The Morgan fingerprint density at radius 1 is 1.24 bits per heavy atom. The van der Waals surface area contributed by atoms with Crippen LogP contribution < -0.4 is 19.9 Å². The topological polar surface area (TPSA) is 115 Å². The summed E-state index contributed by atoms with van der Waals surface area (Å²) in [4.78, 5) is 8.06. The van der Waals surface area contributed by atoms with Gasteiger partial charge in [-0.2, -0.15) is 10.1 Å². The second-order valence-electron chi connectivity index (χ2n) is 5.45. The van der Waals surface area contributed by atoms with E-state index in [1.807, 2.05) is 0 Å². The van der Waals surface area contributed by atoms with Crippen LogP contribution in [0.3, 0.4) is 0 Å². The fourth-order valence-electron chi connectivity index (χ4n) is 2.86. The Labute approximate surface area is 148 Å². The maximum Gasteiger partial charge on any atom is 0.386 e. The van der Waals surface area contributed by atoms with Gasteiger partial charge < -0.3 is 20.4 Å². The van der Waals surface area contributed by atoms with Crippen LogP contribution in [0.1, 0.15) is 16.8 Å². The minimum Gasteiger partial charge on any atom is -0.616 e. The average molecular weight is 365 g/mol. The zero-order chi connectivity index (χ0) is 18.3. The van der Waals surface area contributed by atoms with Crippen LogP contribution in [0.25, 0.3) is 11.0 Å². The molecule has 0 unspecified atom stereocenters. The van der Waals surface area contributed by atoms with E-state index in [-0.39, 0.29) is 23.5 Å². The zero-order valence-corrected chi connectivity index (χ0v) is 15.0. The number of ether oxygens (including phenoxy) is 2. The first kappa shape index (κ1) is 17.0. The van der Waals surface area contributed by atoms with Crippen molar-refractivity contribution in [3.8, 4) is 11.6 Å². The molecule has 3 heterocycles. The first-order valence-electron chi connectivity index (χ1n) is 7.37. The summed E-state index contributed by atoms with van der Waals surface area (Å²) in [5.74, 6) is 0.786. The third-order valence-electron chi connectivity index (χ3n) is 4.03. The van der Waals surface area contributed by atoms with Crippen molar-refractivity contribution in [3.63, 3.8) is 0 Å². The van der Waals surface area contributed by atoms with Crippen molar-refractivity contribution < 1.29 is 14.2 Å². The molecule has 0 aromatic carbocycles. The molecular formula is C15H17ClN6O3. The van der Waals surface area contributed by atoms with E-state index in [4.69, 9.17) is 26.8 Å². The van der Waals surface area contributed by atoms with Gasteiger partial charge in [0.05, 0.1) is 31.4 Å². The Balaban J connectivity index is 2.19. The normalized spacial score (nSPS) is 11.1. The number of halogens is 1. The summed E-state index contributed by atoms with van der Waals surface area (Å²) in [6.45, 7) is 3.70. The number of hydrogen-bond donors (Lipinski definition) is 1. The molecule has 0 aliphatic carbocycles. The zero-order valence-electron chi connectivity index (χ0n) is 14.2. The van der Waals surface area contributed by atoms with Crippen LogP contribution >= 0.6 is 11.6 Å². The number of aromatic nitrogens is 5. The monoisotopic (exact) mass is 364 g/mol. The van der Waals surface area contributed by atoms with E-state index in [2.05, 4.69) is 15.1 Å². The molecule has 9 nitrogen and oxygen atoms in total. The second-order valence-corrected chi connectivity index (χ2v) is 5.80. The predicted octanol–water partition coefficient (Wildman–Crippen LogP) is 1.38. The molecule has 3 rings (SSSR count). The molecule has 0 saturated carbocycles. The van der Waals surface area contributed by atoms with E-state index < -0.39 is 0 Å². The van der Waals surface area contributed by atoms with Crippen LogP contribution in [0, 0.1) is 19.1 Å². The summed E-state index contributed by atoms with van der Waals surface area (Å²) < 4.78 is 12.9. The maximum absolute atomic E-state index is 12.7. The number of fused-ring (bicyclic) bond motifs is 1. The molecule has 25 heavy (non-hydrogen) atoms. The highest BCUT2D eigenvalue weighted by Crippen LogP contribution is 2.30. The lowest BCUT2D eigenvalue weighted by molar-refractivity contribution is -0.621. The smallest absolute Gasteiger partial charge is 0.386 e. The Morgan fingerprint density at radius 2 is 1.96 bits per heavy atom. The summed E-state index contributed by atoms with van der Waals surface area (Å²) in [5, 5.41) is 17.7. The fraction of sp³-hybridized carbons (Fsp3) is 0.333. The second kappa shape index (κ2) is 6.25. The van der Waals surface area contributed by atoms with Crippen molar-refractivity contribution in [3.05, 3.63) is 33.4 Å². The van der Waals surface area contributed by atoms with E-state index in [1.54, 1.807) is 21.0 Å². The molecule has 10 heteroatoms. The molecule has 132 valence electrons. The highest BCUT2D eigenvalue weighted by atomic mass is 35.5. The molecule has 0 bridgehead atoms. The van der Waals surface area contributed by atoms with Gasteiger partial charge in [0.25, 0.3) is 0 Å². The van der Waals surface area contributed by atoms with E-state index in [9.17, 15) is 5.21 Å². The lowest BCUT2D eigenvalue weighted by Gasteiger charge is -2.16. The van der Waals surface area contributed by atoms with Gasteiger partial charge in [-0.1, -0.05) is 11.6 Å². The average Bonchev–Trinajstić information content (AvgIpc) is 2.95. The summed E-state index contributed by atoms with van der Waals surface area (Å²) in [7, 11) is 2.98. The number of nitrogens with zero attached hydrogens (tertiary/aromatic N) is 5. The van der Waals surface area contributed by atoms with Crippen molar-refractivity contribution in [2.75, 3.05) is 20.0 Å². The van der Waals surface area contributed by atoms with Crippen LogP contribution in [0.4, 0.5) is 5.95 Å². The molecule has 0 radical (unpaired) electrons. The third kappa shape index (κ3) is 2.66. The van der Waals surface area contributed by atoms with Gasteiger partial charge in [-0.05, 0) is 13.8 Å². The lowest BCUT2D eigenvalue weighted by atomic mass is 10.1. The van der Waals surface area contributed by atoms with E-state index in [0.29, 0.717) is 33.6 Å². The van der Waals surface area contributed by atoms with Gasteiger partial charge in [0.15, 0.2) is 5.65 Å². The van der Waals surface area contributed by atoms with Crippen LogP contribution in [0.15, 0.2) is 6.20 Å². The number of rotatable bonds is 4. The van der Waals surface area contributed by atoms with Gasteiger partial charge in [0.1, 0.15) is 23.0 Å². The lowest BCUT2D eigenvalue weighted by Crippen LogP contribution is -2.37. The predicted molar refractivity (Wildman–Crippen MR) is 91.8 cm³/mol. The SMILES string of the molecule is COc1c(C)c(Cn2ncc3c(Cl)nc(N)nc32)[n+]([O-])c(OC)c1C. The van der Waals surface area contributed by atoms with Gasteiger partial charge in [-0.15, -0.1) is 4.73 Å². The third-order valence-corrected chi connectivity index (χ3v) is 4.32. The van der Waals surface area contributed by atoms with Crippen molar-refractivity contribution >= 4 is 28.6 Å². The number of anilines is 1. The van der Waals surface area contributed by atoms with Gasteiger partial charge in [-0.3, -0.25) is 0 Å². The highest BCUT2D eigenvalue weighted by Gasteiger charge is 2.26. The van der Waals surface area contributed by atoms with Crippen LogP contribution in [-0.4, -0.2) is 34.0 Å². The molecule has 0 aliphatic rings. The van der Waals surface area contributed by atoms with Gasteiger partial charge in [0.2, 0.25) is 11.6 Å². The molecule has 0 fully saturated rings. The van der Waals surface area contributed by atoms with Crippen LogP contribution in [0.2, 0.25) is 5.15 Å². The van der Waals surface area contributed by atoms with Crippen molar-refractivity contribution in [1.82, 2.24) is 19.7 Å². The molecular weight excluding hydrogens is 348 g/mol. The Bertz CT molecular complexity index is 941. The summed E-state index contributed by atoms with van der Waals surface area (Å²) in [5.41, 5.74) is 7.83. The van der Waals surface area contributed by atoms with Crippen LogP contribution in [-0.2, 0) is 6.54 Å². The summed E-state index contributed by atoms with van der Waals surface area (Å²) >= 11 is 6.07. The van der Waals surface area contributed by atoms with Crippen LogP contribution in [0.5, 0.6) is 11.6 Å². The maximum atomic E-state index is 12.7.